The van der Waals surface area contributed by atoms with Crippen LogP contribution in [0.15, 0.2) is 17.7 Å². The number of fused-ring (bicyclic) bond motifs is 3. The number of aliphatic hydroxyl groups is 1. The highest BCUT2D eigenvalue weighted by Gasteiger charge is 2.42. The van der Waals surface area contributed by atoms with Gasteiger partial charge in [0.1, 0.15) is 0 Å². The third-order valence-electron chi connectivity index (χ3n) is 3.86. The largest absolute Gasteiger partial charge is 0.432 e. The zero-order chi connectivity index (χ0) is 14.0. The summed E-state index contributed by atoms with van der Waals surface area (Å²) in [7, 11) is 0. The van der Waals surface area contributed by atoms with E-state index < -0.39 is 30.1 Å². The number of benzene rings is 1. The van der Waals surface area contributed by atoms with E-state index >= 15 is 0 Å². The van der Waals surface area contributed by atoms with Crippen LogP contribution in [0.4, 0.5) is 0 Å². The van der Waals surface area contributed by atoms with Crippen LogP contribution >= 0.6 is 0 Å². The van der Waals surface area contributed by atoms with Crippen LogP contribution in [0.1, 0.15) is 31.8 Å². The minimum absolute atomic E-state index is 0.205. The van der Waals surface area contributed by atoms with Crippen LogP contribution in [0.2, 0.25) is 0 Å². The lowest BCUT2D eigenvalue weighted by Crippen LogP contribution is -2.21. The molecule has 0 bridgehead atoms. The summed E-state index contributed by atoms with van der Waals surface area (Å²) in [5.41, 5.74) is 2.28. The lowest BCUT2D eigenvalue weighted by atomic mass is 9.83. The third-order valence-corrected chi connectivity index (χ3v) is 3.86. The van der Waals surface area contributed by atoms with Crippen molar-refractivity contribution in [2.45, 2.75) is 12.7 Å². The summed E-state index contributed by atoms with van der Waals surface area (Å²) in [6, 6.07) is 3.12. The quantitative estimate of drug-likeness (QED) is 0.544. The van der Waals surface area contributed by atoms with Crippen molar-refractivity contribution in [1.82, 2.24) is 0 Å². The Morgan fingerprint density at radius 1 is 1.05 bits per heavy atom. The highest BCUT2D eigenvalue weighted by molar-refractivity contribution is 6.15. The molecule has 0 saturated carbocycles. The van der Waals surface area contributed by atoms with Crippen LogP contribution in [0.3, 0.4) is 0 Å². The van der Waals surface area contributed by atoms with Gasteiger partial charge >= 0.3 is 17.9 Å². The molecule has 2 aliphatic heterocycles. The highest BCUT2D eigenvalue weighted by Crippen LogP contribution is 2.38. The van der Waals surface area contributed by atoms with Gasteiger partial charge in [0.25, 0.3) is 0 Å². The van der Waals surface area contributed by atoms with E-state index in [0.717, 1.165) is 5.56 Å². The maximum absolute atomic E-state index is 11.6. The van der Waals surface area contributed by atoms with Crippen molar-refractivity contribution in [3.05, 3.63) is 40.0 Å². The standard InChI is InChI=1S/C14H8O6/c15-11-7-1-5-2-9-10(14(18)20-13(9)17)4-6(5)3-8(7)12(16)19-11/h1-3,10,14,18H,4H2. The van der Waals surface area contributed by atoms with E-state index in [4.69, 9.17) is 4.74 Å². The van der Waals surface area contributed by atoms with Gasteiger partial charge in [-0.2, -0.15) is 0 Å². The van der Waals surface area contributed by atoms with Crippen molar-refractivity contribution in [3.63, 3.8) is 0 Å². The summed E-state index contributed by atoms with van der Waals surface area (Å²) >= 11 is 0. The van der Waals surface area contributed by atoms with Gasteiger partial charge in [0.2, 0.25) is 6.29 Å². The molecule has 0 amide bonds. The van der Waals surface area contributed by atoms with Crippen molar-refractivity contribution in [1.29, 1.82) is 0 Å². The van der Waals surface area contributed by atoms with Crippen molar-refractivity contribution in [2.75, 3.05) is 0 Å². The first-order valence-electron chi connectivity index (χ1n) is 6.08. The Morgan fingerprint density at radius 2 is 1.75 bits per heavy atom. The molecular weight excluding hydrogens is 264 g/mol. The number of hydrogen-bond acceptors (Lipinski definition) is 6. The Labute approximate surface area is 112 Å². The lowest BCUT2D eigenvalue weighted by Gasteiger charge is -2.19. The highest BCUT2D eigenvalue weighted by atomic mass is 16.6. The summed E-state index contributed by atoms with van der Waals surface area (Å²) in [5.74, 6) is -2.32. The maximum Gasteiger partial charge on any atom is 0.346 e. The minimum Gasteiger partial charge on any atom is -0.432 e. The van der Waals surface area contributed by atoms with Crippen LogP contribution in [0.5, 0.6) is 0 Å². The van der Waals surface area contributed by atoms with Gasteiger partial charge in [0, 0.05) is 5.57 Å². The smallest absolute Gasteiger partial charge is 0.346 e. The molecule has 6 nitrogen and oxygen atoms in total. The molecule has 20 heavy (non-hydrogen) atoms. The molecule has 1 aromatic carbocycles. The topological polar surface area (TPSA) is 89.9 Å². The summed E-state index contributed by atoms with van der Waals surface area (Å²) in [6.07, 6.45) is 0.810. The lowest BCUT2D eigenvalue weighted by molar-refractivity contribution is -0.155. The average Bonchev–Trinajstić information content (AvgIpc) is 2.84. The Morgan fingerprint density at radius 3 is 2.50 bits per heavy atom. The molecule has 0 spiro atoms. The van der Waals surface area contributed by atoms with Crippen LogP contribution in [-0.4, -0.2) is 29.3 Å². The Bertz CT molecular complexity index is 729. The van der Waals surface area contributed by atoms with E-state index in [9.17, 15) is 19.5 Å². The van der Waals surface area contributed by atoms with Crippen LogP contribution in [0.25, 0.3) is 6.08 Å². The molecule has 2 atom stereocenters. The van der Waals surface area contributed by atoms with Gasteiger partial charge in [0.15, 0.2) is 0 Å². The number of rotatable bonds is 0. The number of hydrogen-bond donors (Lipinski definition) is 1. The number of cyclic esters (lactones) is 3. The minimum atomic E-state index is -1.16. The van der Waals surface area contributed by atoms with E-state index in [1.807, 2.05) is 0 Å². The molecule has 1 aromatic rings. The molecule has 100 valence electrons. The van der Waals surface area contributed by atoms with Gasteiger partial charge in [-0.25, -0.2) is 14.4 Å². The Hall–Kier alpha value is -2.47. The molecule has 1 fully saturated rings. The third kappa shape index (κ3) is 1.34. The molecule has 3 aliphatic rings. The molecule has 1 aliphatic carbocycles. The van der Waals surface area contributed by atoms with Crippen molar-refractivity contribution in [2.24, 2.45) is 5.92 Å². The average molecular weight is 272 g/mol. The summed E-state index contributed by atoms with van der Waals surface area (Å²) in [5, 5.41) is 9.68. The number of esters is 3. The number of aliphatic hydroxyl groups excluding tert-OH is 1. The second-order valence-corrected chi connectivity index (χ2v) is 4.98. The maximum atomic E-state index is 11.6. The first kappa shape index (κ1) is 11.4. The zero-order valence-corrected chi connectivity index (χ0v) is 10.1. The SMILES string of the molecule is O=C1OC(O)C2Cc3cc4c(cc3C=C12)C(=O)OC4=O. The molecule has 4 rings (SSSR count). The van der Waals surface area contributed by atoms with Crippen LogP contribution in [0, 0.1) is 5.92 Å². The van der Waals surface area contributed by atoms with E-state index in [1.165, 1.54) is 0 Å². The fourth-order valence-corrected chi connectivity index (χ4v) is 2.85. The number of ether oxygens (including phenoxy) is 2. The van der Waals surface area contributed by atoms with Gasteiger partial charge < -0.3 is 14.6 Å². The van der Waals surface area contributed by atoms with Gasteiger partial charge in [-0.1, -0.05) is 0 Å². The van der Waals surface area contributed by atoms with Gasteiger partial charge in [-0.3, -0.25) is 0 Å². The summed E-state index contributed by atoms with van der Waals surface area (Å²) in [4.78, 5) is 34.6. The molecule has 1 N–H and O–H groups in total. The van der Waals surface area contributed by atoms with Crippen molar-refractivity contribution in [3.8, 4) is 0 Å². The van der Waals surface area contributed by atoms with E-state index in [0.29, 0.717) is 17.6 Å². The van der Waals surface area contributed by atoms with Crippen molar-refractivity contribution >= 4 is 24.0 Å². The first-order chi connectivity index (χ1) is 9.54. The zero-order valence-electron chi connectivity index (χ0n) is 10.1. The van der Waals surface area contributed by atoms with E-state index in [2.05, 4.69) is 4.74 Å². The van der Waals surface area contributed by atoms with Gasteiger partial charge in [-0.15, -0.1) is 0 Å². The van der Waals surface area contributed by atoms with E-state index in [1.54, 1.807) is 18.2 Å². The molecular formula is C14H8O6. The molecule has 2 unspecified atom stereocenters. The number of carbonyl (C=O) groups is 3. The van der Waals surface area contributed by atoms with Crippen LogP contribution in [-0.2, 0) is 20.7 Å². The normalized spacial score (nSPS) is 26.4. The molecule has 6 heteroatoms. The fourth-order valence-electron chi connectivity index (χ4n) is 2.85. The predicted octanol–water partition coefficient (Wildman–Crippen LogP) is 0.428. The molecule has 2 heterocycles. The molecule has 0 aromatic heterocycles. The van der Waals surface area contributed by atoms with E-state index in [-0.39, 0.29) is 11.1 Å². The molecule has 1 saturated heterocycles. The van der Waals surface area contributed by atoms with Gasteiger partial charge in [-0.05, 0) is 35.8 Å². The molecule has 0 radical (unpaired) electrons. The predicted molar refractivity (Wildman–Crippen MR) is 63.5 cm³/mol. The summed E-state index contributed by atoms with van der Waals surface area (Å²) < 4.78 is 9.32. The monoisotopic (exact) mass is 272 g/mol. The number of carbonyl (C=O) groups excluding carboxylic acids is 3. The fraction of sp³-hybridized carbons (Fsp3) is 0.214. The van der Waals surface area contributed by atoms with Crippen LogP contribution < -0.4 is 0 Å². The first-order valence-corrected chi connectivity index (χ1v) is 6.08. The van der Waals surface area contributed by atoms with Crippen molar-refractivity contribution < 1.29 is 29.0 Å². The summed E-state index contributed by atoms with van der Waals surface area (Å²) in [6.45, 7) is 0. The Kier molecular flexibility index (Phi) is 2.01. The second-order valence-electron chi connectivity index (χ2n) is 4.98. The Balaban J connectivity index is 1.89. The second kappa shape index (κ2) is 3.55. The van der Waals surface area contributed by atoms with Gasteiger partial charge in [0.05, 0.1) is 17.0 Å².